The molecule has 3 rings (SSSR count). The monoisotopic (exact) mass is 356 g/mol. The maximum atomic E-state index is 12.9. The first-order chi connectivity index (χ1) is 12.7. The Bertz CT molecular complexity index is 787. The summed E-state index contributed by atoms with van der Waals surface area (Å²) in [5.74, 6) is 0.422. The van der Waals surface area contributed by atoms with Crippen LogP contribution in [0.15, 0.2) is 30.3 Å². The van der Waals surface area contributed by atoms with Gasteiger partial charge < -0.3 is 15.0 Å². The molecule has 2 N–H and O–H groups in total. The third-order valence-electron chi connectivity index (χ3n) is 4.41. The van der Waals surface area contributed by atoms with Gasteiger partial charge in [0.25, 0.3) is 5.91 Å². The molecule has 0 radical (unpaired) electrons. The average molecular weight is 356 g/mol. The SMILES string of the molecule is CCCOc1ccccc1-c1cc(C(=O)N2CCNC(=O)C2CC)[nH]n1. The van der Waals surface area contributed by atoms with Crippen LogP contribution in [0.1, 0.15) is 37.2 Å². The number of aromatic nitrogens is 2. The van der Waals surface area contributed by atoms with Crippen LogP contribution in [-0.2, 0) is 4.79 Å². The molecule has 1 atom stereocenters. The summed E-state index contributed by atoms with van der Waals surface area (Å²) < 4.78 is 5.77. The van der Waals surface area contributed by atoms with Crippen molar-refractivity contribution in [3.8, 4) is 17.0 Å². The number of aromatic amines is 1. The zero-order valence-corrected chi connectivity index (χ0v) is 15.1. The number of para-hydroxylation sites is 1. The van der Waals surface area contributed by atoms with Crippen LogP contribution in [0, 0.1) is 0 Å². The largest absolute Gasteiger partial charge is 0.493 e. The van der Waals surface area contributed by atoms with E-state index >= 15 is 0 Å². The Kier molecular flexibility index (Phi) is 5.55. The second kappa shape index (κ2) is 8.03. The van der Waals surface area contributed by atoms with Crippen molar-refractivity contribution in [1.82, 2.24) is 20.4 Å². The lowest BCUT2D eigenvalue weighted by Crippen LogP contribution is -2.56. The molecule has 2 amide bonds. The van der Waals surface area contributed by atoms with Crippen LogP contribution in [-0.4, -0.2) is 52.6 Å². The van der Waals surface area contributed by atoms with E-state index < -0.39 is 6.04 Å². The molecule has 0 aliphatic carbocycles. The van der Waals surface area contributed by atoms with Crippen molar-refractivity contribution in [3.63, 3.8) is 0 Å². The molecule has 138 valence electrons. The van der Waals surface area contributed by atoms with Gasteiger partial charge in [0, 0.05) is 18.7 Å². The molecular formula is C19H24N4O3. The van der Waals surface area contributed by atoms with E-state index in [2.05, 4.69) is 15.5 Å². The van der Waals surface area contributed by atoms with E-state index in [4.69, 9.17) is 4.74 Å². The molecule has 0 spiro atoms. The topological polar surface area (TPSA) is 87.3 Å². The molecule has 1 aromatic carbocycles. The first-order valence-corrected chi connectivity index (χ1v) is 9.02. The van der Waals surface area contributed by atoms with Gasteiger partial charge in [0.05, 0.1) is 12.3 Å². The first kappa shape index (κ1) is 18.0. The maximum Gasteiger partial charge on any atom is 0.272 e. The number of carbonyl (C=O) groups excluding carboxylic acids is 2. The number of hydrogen-bond acceptors (Lipinski definition) is 4. The normalized spacial score (nSPS) is 17.1. The summed E-state index contributed by atoms with van der Waals surface area (Å²) in [5.41, 5.74) is 1.85. The minimum atomic E-state index is -0.442. The summed E-state index contributed by atoms with van der Waals surface area (Å²) in [7, 11) is 0. The average Bonchev–Trinajstić information content (AvgIpc) is 3.15. The number of benzene rings is 1. The van der Waals surface area contributed by atoms with Gasteiger partial charge in [-0.05, 0) is 31.0 Å². The third-order valence-corrected chi connectivity index (χ3v) is 4.41. The highest BCUT2D eigenvalue weighted by molar-refractivity contribution is 5.97. The quantitative estimate of drug-likeness (QED) is 0.831. The minimum Gasteiger partial charge on any atom is -0.493 e. The predicted molar refractivity (Wildman–Crippen MR) is 97.9 cm³/mol. The molecule has 1 aliphatic rings. The van der Waals surface area contributed by atoms with E-state index in [0.29, 0.717) is 37.5 Å². The lowest BCUT2D eigenvalue weighted by molar-refractivity contribution is -0.127. The first-order valence-electron chi connectivity index (χ1n) is 9.02. The fourth-order valence-electron chi connectivity index (χ4n) is 3.10. The second-order valence-electron chi connectivity index (χ2n) is 6.23. The van der Waals surface area contributed by atoms with Crippen molar-refractivity contribution in [2.45, 2.75) is 32.7 Å². The van der Waals surface area contributed by atoms with Gasteiger partial charge in [-0.15, -0.1) is 0 Å². The Balaban J connectivity index is 1.84. The van der Waals surface area contributed by atoms with Crippen LogP contribution in [0.4, 0.5) is 0 Å². The number of hydrogen-bond donors (Lipinski definition) is 2. The van der Waals surface area contributed by atoms with E-state index in [-0.39, 0.29) is 11.8 Å². The van der Waals surface area contributed by atoms with Crippen LogP contribution < -0.4 is 10.1 Å². The van der Waals surface area contributed by atoms with Crippen molar-refractivity contribution in [1.29, 1.82) is 0 Å². The molecular weight excluding hydrogens is 332 g/mol. The third kappa shape index (κ3) is 3.56. The van der Waals surface area contributed by atoms with Gasteiger partial charge in [0.15, 0.2) is 0 Å². The van der Waals surface area contributed by atoms with Crippen LogP contribution in [0.5, 0.6) is 5.75 Å². The van der Waals surface area contributed by atoms with Crippen LogP contribution >= 0.6 is 0 Å². The van der Waals surface area contributed by atoms with Crippen molar-refractivity contribution >= 4 is 11.8 Å². The van der Waals surface area contributed by atoms with E-state index in [9.17, 15) is 9.59 Å². The lowest BCUT2D eigenvalue weighted by Gasteiger charge is -2.34. The molecule has 2 heterocycles. The summed E-state index contributed by atoms with van der Waals surface area (Å²) in [6.07, 6.45) is 1.49. The summed E-state index contributed by atoms with van der Waals surface area (Å²) in [6.45, 7) is 5.53. The molecule has 1 unspecified atom stereocenters. The molecule has 7 nitrogen and oxygen atoms in total. The van der Waals surface area contributed by atoms with Gasteiger partial charge in [0.2, 0.25) is 5.91 Å². The second-order valence-corrected chi connectivity index (χ2v) is 6.23. The Hall–Kier alpha value is -2.83. The number of piperazine rings is 1. The van der Waals surface area contributed by atoms with Crippen molar-refractivity contribution in [3.05, 3.63) is 36.0 Å². The highest BCUT2D eigenvalue weighted by Gasteiger charge is 2.33. The van der Waals surface area contributed by atoms with Gasteiger partial charge in [-0.25, -0.2) is 0 Å². The van der Waals surface area contributed by atoms with Gasteiger partial charge >= 0.3 is 0 Å². The number of amides is 2. The van der Waals surface area contributed by atoms with Crippen molar-refractivity contribution in [2.24, 2.45) is 0 Å². The summed E-state index contributed by atoms with van der Waals surface area (Å²) in [6, 6.07) is 8.90. The summed E-state index contributed by atoms with van der Waals surface area (Å²) in [4.78, 5) is 26.5. The number of H-pyrrole nitrogens is 1. The standard InChI is InChI=1S/C19H24N4O3/c1-3-11-26-17-8-6-5-7-13(17)14-12-15(22-21-14)19(25)23-10-9-20-18(24)16(23)4-2/h5-8,12,16H,3-4,9-11H2,1-2H3,(H,20,24)(H,21,22). The number of ether oxygens (including phenoxy) is 1. The molecule has 1 saturated heterocycles. The molecule has 26 heavy (non-hydrogen) atoms. The van der Waals surface area contributed by atoms with E-state index in [1.807, 2.05) is 38.1 Å². The van der Waals surface area contributed by atoms with E-state index in [1.165, 1.54) is 0 Å². The Morgan fingerprint density at radius 3 is 2.92 bits per heavy atom. The number of nitrogens with zero attached hydrogens (tertiary/aromatic N) is 2. The minimum absolute atomic E-state index is 0.106. The van der Waals surface area contributed by atoms with E-state index in [0.717, 1.165) is 17.7 Å². The van der Waals surface area contributed by atoms with Gasteiger partial charge in [-0.3, -0.25) is 14.7 Å². The summed E-state index contributed by atoms with van der Waals surface area (Å²) in [5, 5.41) is 9.91. The van der Waals surface area contributed by atoms with Crippen molar-refractivity contribution < 1.29 is 14.3 Å². The van der Waals surface area contributed by atoms with Gasteiger partial charge in [-0.2, -0.15) is 5.10 Å². The molecule has 7 heteroatoms. The van der Waals surface area contributed by atoms with Gasteiger partial charge in [-0.1, -0.05) is 26.0 Å². The van der Waals surface area contributed by atoms with Crippen LogP contribution in [0.3, 0.4) is 0 Å². The van der Waals surface area contributed by atoms with Crippen LogP contribution in [0.2, 0.25) is 0 Å². The predicted octanol–water partition coefficient (Wildman–Crippen LogP) is 2.22. The van der Waals surface area contributed by atoms with Crippen molar-refractivity contribution in [2.75, 3.05) is 19.7 Å². The van der Waals surface area contributed by atoms with Gasteiger partial charge in [0.1, 0.15) is 17.5 Å². The smallest absolute Gasteiger partial charge is 0.272 e. The zero-order valence-electron chi connectivity index (χ0n) is 15.1. The highest BCUT2D eigenvalue weighted by atomic mass is 16.5. The number of rotatable bonds is 6. The molecule has 0 saturated carbocycles. The Morgan fingerprint density at radius 2 is 2.15 bits per heavy atom. The lowest BCUT2D eigenvalue weighted by atomic mass is 10.1. The molecule has 2 aromatic rings. The molecule has 0 bridgehead atoms. The van der Waals surface area contributed by atoms with Crippen LogP contribution in [0.25, 0.3) is 11.3 Å². The zero-order chi connectivity index (χ0) is 18.5. The fraction of sp³-hybridized carbons (Fsp3) is 0.421. The maximum absolute atomic E-state index is 12.9. The van der Waals surface area contributed by atoms with E-state index in [1.54, 1.807) is 11.0 Å². The fourth-order valence-corrected chi connectivity index (χ4v) is 3.10. The number of carbonyl (C=O) groups is 2. The Morgan fingerprint density at radius 1 is 1.35 bits per heavy atom. The summed E-state index contributed by atoms with van der Waals surface area (Å²) >= 11 is 0. The molecule has 1 aliphatic heterocycles. The Labute approximate surface area is 152 Å². The molecule has 1 fully saturated rings. The molecule has 1 aromatic heterocycles. The number of nitrogens with one attached hydrogen (secondary N) is 2. The highest BCUT2D eigenvalue weighted by Crippen LogP contribution is 2.29.